The molecule has 0 aromatic heterocycles. The van der Waals surface area contributed by atoms with Gasteiger partial charge >= 0.3 is 0 Å². The van der Waals surface area contributed by atoms with Crippen LogP contribution in [0.1, 0.15) is 44.2 Å². The second-order valence-electron chi connectivity index (χ2n) is 9.91. The standard InChI is InChI=1S/C31H38FN3O4S/c1-4-24(2)33-31(37)29(22-25-14-7-5-8-15-25)34(23-26-16-11-12-19-28(26)32)30(36)20-13-21-35(40(3,38)39)27-17-9-6-10-18-27/h5-12,14-19,24,29H,4,13,20-23H2,1-3H3,(H,33,37)/t24-,29+/m0/s1. The van der Waals surface area contributed by atoms with E-state index in [1.807, 2.05) is 44.2 Å². The number of carbonyl (C=O) groups excluding carboxylic acids is 2. The van der Waals surface area contributed by atoms with Crippen molar-refractivity contribution >= 4 is 27.5 Å². The van der Waals surface area contributed by atoms with E-state index in [1.54, 1.807) is 48.5 Å². The van der Waals surface area contributed by atoms with Gasteiger partial charge in [0, 0.05) is 37.5 Å². The van der Waals surface area contributed by atoms with Crippen molar-refractivity contribution in [2.75, 3.05) is 17.1 Å². The van der Waals surface area contributed by atoms with Gasteiger partial charge in [-0.1, -0.05) is 73.7 Å². The highest BCUT2D eigenvalue weighted by Crippen LogP contribution is 2.21. The molecule has 40 heavy (non-hydrogen) atoms. The average Bonchev–Trinajstić information content (AvgIpc) is 2.94. The zero-order chi connectivity index (χ0) is 29.1. The Morgan fingerprint density at radius 1 is 0.925 bits per heavy atom. The molecule has 1 N–H and O–H groups in total. The van der Waals surface area contributed by atoms with E-state index in [1.165, 1.54) is 15.3 Å². The Morgan fingerprint density at radius 3 is 2.12 bits per heavy atom. The van der Waals surface area contributed by atoms with Crippen LogP contribution in [-0.4, -0.2) is 50.0 Å². The number of rotatable bonds is 14. The highest BCUT2D eigenvalue weighted by Gasteiger charge is 2.31. The Labute approximate surface area is 237 Å². The van der Waals surface area contributed by atoms with Gasteiger partial charge in [-0.05, 0) is 43.5 Å². The lowest BCUT2D eigenvalue weighted by Gasteiger charge is -2.32. The van der Waals surface area contributed by atoms with Gasteiger partial charge in [0.15, 0.2) is 0 Å². The van der Waals surface area contributed by atoms with Crippen molar-refractivity contribution in [1.29, 1.82) is 0 Å². The largest absolute Gasteiger partial charge is 0.352 e. The first-order valence-electron chi connectivity index (χ1n) is 13.5. The number of hydrogen-bond donors (Lipinski definition) is 1. The normalized spacial score (nSPS) is 12.8. The highest BCUT2D eigenvalue weighted by molar-refractivity contribution is 7.92. The number of sulfonamides is 1. The van der Waals surface area contributed by atoms with Gasteiger partial charge in [-0.25, -0.2) is 12.8 Å². The predicted octanol–water partition coefficient (Wildman–Crippen LogP) is 4.93. The fraction of sp³-hybridized carbons (Fsp3) is 0.355. The lowest BCUT2D eigenvalue weighted by molar-refractivity contribution is -0.141. The first-order chi connectivity index (χ1) is 19.1. The minimum atomic E-state index is -3.58. The van der Waals surface area contributed by atoms with E-state index < -0.39 is 21.9 Å². The molecule has 9 heteroatoms. The molecule has 0 aliphatic carbocycles. The first kappa shape index (κ1) is 30.8. The molecule has 0 fully saturated rings. The third-order valence-electron chi connectivity index (χ3n) is 6.77. The maximum Gasteiger partial charge on any atom is 0.243 e. The monoisotopic (exact) mass is 567 g/mol. The van der Waals surface area contributed by atoms with Gasteiger partial charge in [0.05, 0.1) is 11.9 Å². The number of nitrogens with one attached hydrogen (secondary N) is 1. The lowest BCUT2D eigenvalue weighted by atomic mass is 10.0. The Kier molecular flexibility index (Phi) is 11.3. The Balaban J connectivity index is 1.89. The summed E-state index contributed by atoms with van der Waals surface area (Å²) in [5, 5.41) is 2.99. The molecule has 2 atom stereocenters. The summed E-state index contributed by atoms with van der Waals surface area (Å²) in [5.74, 6) is -1.14. The molecule has 0 radical (unpaired) electrons. The van der Waals surface area contributed by atoms with Crippen LogP contribution in [0.25, 0.3) is 0 Å². The van der Waals surface area contributed by atoms with Gasteiger partial charge in [-0.2, -0.15) is 0 Å². The van der Waals surface area contributed by atoms with Gasteiger partial charge in [0.25, 0.3) is 0 Å². The third-order valence-corrected chi connectivity index (χ3v) is 7.96. The molecule has 0 unspecified atom stereocenters. The molecule has 0 spiro atoms. The molecular weight excluding hydrogens is 529 g/mol. The fourth-order valence-electron chi connectivity index (χ4n) is 4.40. The zero-order valence-corrected chi connectivity index (χ0v) is 24.1. The van der Waals surface area contributed by atoms with Crippen LogP contribution in [0.4, 0.5) is 10.1 Å². The number of hydrogen-bond acceptors (Lipinski definition) is 4. The maximum absolute atomic E-state index is 14.7. The molecule has 7 nitrogen and oxygen atoms in total. The summed E-state index contributed by atoms with van der Waals surface area (Å²) in [6.45, 7) is 3.85. The van der Waals surface area contributed by atoms with E-state index in [0.29, 0.717) is 17.7 Å². The van der Waals surface area contributed by atoms with E-state index in [2.05, 4.69) is 5.32 Å². The number of nitrogens with zero attached hydrogens (tertiary/aromatic N) is 2. The van der Waals surface area contributed by atoms with Crippen LogP contribution >= 0.6 is 0 Å². The van der Waals surface area contributed by atoms with Crippen LogP contribution < -0.4 is 9.62 Å². The van der Waals surface area contributed by atoms with Crippen LogP contribution in [0.3, 0.4) is 0 Å². The zero-order valence-electron chi connectivity index (χ0n) is 23.3. The second kappa shape index (κ2) is 14.6. The van der Waals surface area contributed by atoms with Crippen LogP contribution in [0.5, 0.6) is 0 Å². The van der Waals surface area contributed by atoms with Crippen molar-refractivity contribution < 1.29 is 22.4 Å². The van der Waals surface area contributed by atoms with Crippen molar-refractivity contribution in [3.8, 4) is 0 Å². The van der Waals surface area contributed by atoms with Gasteiger partial charge < -0.3 is 10.2 Å². The van der Waals surface area contributed by atoms with Crippen molar-refractivity contribution in [3.05, 3.63) is 102 Å². The number of halogens is 1. The fourth-order valence-corrected chi connectivity index (χ4v) is 5.37. The Bertz CT molecular complexity index is 1350. The van der Waals surface area contributed by atoms with Gasteiger partial charge in [-0.3, -0.25) is 13.9 Å². The summed E-state index contributed by atoms with van der Waals surface area (Å²) in [7, 11) is -3.58. The maximum atomic E-state index is 14.7. The number of carbonyl (C=O) groups is 2. The summed E-state index contributed by atoms with van der Waals surface area (Å²) in [4.78, 5) is 28.8. The van der Waals surface area contributed by atoms with Crippen LogP contribution in [-0.2, 0) is 32.6 Å². The second-order valence-corrected chi connectivity index (χ2v) is 11.8. The van der Waals surface area contributed by atoms with Crippen LogP contribution in [0, 0.1) is 5.82 Å². The van der Waals surface area contributed by atoms with Crippen molar-refractivity contribution in [2.45, 2.75) is 58.2 Å². The van der Waals surface area contributed by atoms with Crippen molar-refractivity contribution in [3.63, 3.8) is 0 Å². The Morgan fingerprint density at radius 2 is 1.52 bits per heavy atom. The molecule has 0 bridgehead atoms. The van der Waals surface area contributed by atoms with Crippen molar-refractivity contribution in [1.82, 2.24) is 10.2 Å². The molecule has 0 aliphatic heterocycles. The average molecular weight is 568 g/mol. The van der Waals surface area contributed by atoms with E-state index in [-0.39, 0.29) is 50.2 Å². The minimum absolute atomic E-state index is 0.0186. The quantitative estimate of drug-likeness (QED) is 0.299. The van der Waals surface area contributed by atoms with E-state index >= 15 is 0 Å². The van der Waals surface area contributed by atoms with E-state index in [4.69, 9.17) is 0 Å². The number of benzene rings is 3. The van der Waals surface area contributed by atoms with Gasteiger partial charge in [0.1, 0.15) is 11.9 Å². The SMILES string of the molecule is CC[C@H](C)NC(=O)[C@@H](Cc1ccccc1)N(Cc1ccccc1F)C(=O)CCCN(c1ccccc1)S(C)(=O)=O. The van der Waals surface area contributed by atoms with Crippen LogP contribution in [0.15, 0.2) is 84.9 Å². The number of amides is 2. The van der Waals surface area contributed by atoms with Crippen LogP contribution in [0.2, 0.25) is 0 Å². The number of anilines is 1. The molecule has 0 saturated heterocycles. The summed E-state index contributed by atoms with van der Waals surface area (Å²) in [6.07, 6.45) is 2.30. The molecule has 0 heterocycles. The molecule has 0 aliphatic rings. The Hall–Kier alpha value is -3.72. The summed E-state index contributed by atoms with van der Waals surface area (Å²) in [5.41, 5.74) is 1.67. The molecule has 3 rings (SSSR count). The molecule has 214 valence electrons. The lowest BCUT2D eigenvalue weighted by Crippen LogP contribution is -2.52. The highest BCUT2D eigenvalue weighted by atomic mass is 32.2. The predicted molar refractivity (Wildman–Crippen MR) is 157 cm³/mol. The molecule has 3 aromatic carbocycles. The first-order valence-corrected chi connectivity index (χ1v) is 15.3. The molecule has 3 aromatic rings. The number of para-hydroxylation sites is 1. The van der Waals surface area contributed by atoms with Gasteiger partial charge in [0.2, 0.25) is 21.8 Å². The summed E-state index contributed by atoms with van der Waals surface area (Å²) in [6, 6.07) is 23.3. The smallest absolute Gasteiger partial charge is 0.243 e. The summed E-state index contributed by atoms with van der Waals surface area (Å²) >= 11 is 0. The topological polar surface area (TPSA) is 86.8 Å². The molecule has 2 amide bonds. The summed E-state index contributed by atoms with van der Waals surface area (Å²) < 4.78 is 41.0. The molecule has 0 saturated carbocycles. The minimum Gasteiger partial charge on any atom is -0.352 e. The van der Waals surface area contributed by atoms with Crippen molar-refractivity contribution in [2.24, 2.45) is 0 Å². The third kappa shape index (κ3) is 8.91. The van der Waals surface area contributed by atoms with E-state index in [9.17, 15) is 22.4 Å². The van der Waals surface area contributed by atoms with E-state index in [0.717, 1.165) is 11.8 Å². The van der Waals surface area contributed by atoms with Gasteiger partial charge in [-0.15, -0.1) is 0 Å². The molecular formula is C31H38FN3O4S.